The molecule has 31 heavy (non-hydrogen) atoms. The number of benzene rings is 3. The van der Waals surface area contributed by atoms with Gasteiger partial charge in [-0.3, -0.25) is 4.98 Å². The Morgan fingerprint density at radius 2 is 1.71 bits per heavy atom. The highest BCUT2D eigenvalue weighted by molar-refractivity contribution is 6.10. The Morgan fingerprint density at radius 3 is 2.48 bits per heavy atom. The predicted molar refractivity (Wildman–Crippen MR) is 130 cm³/mol. The number of hydrogen-bond acceptors (Lipinski definition) is 2. The highest BCUT2D eigenvalue weighted by Gasteiger charge is 2.16. The van der Waals surface area contributed by atoms with Crippen LogP contribution in [0.5, 0.6) is 0 Å². The van der Waals surface area contributed by atoms with Crippen LogP contribution in [0.4, 0.5) is 0 Å². The Morgan fingerprint density at radius 1 is 0.903 bits per heavy atom. The first-order valence-electron chi connectivity index (χ1n) is 12.9. The van der Waals surface area contributed by atoms with Crippen molar-refractivity contribution in [3.05, 3.63) is 90.1 Å². The lowest BCUT2D eigenvalue weighted by molar-refractivity contribution is 0.411. The van der Waals surface area contributed by atoms with Crippen molar-refractivity contribution in [1.82, 2.24) is 4.98 Å². The lowest BCUT2D eigenvalue weighted by Crippen LogP contribution is -2.09. The Labute approximate surface area is 190 Å². The molecular formula is C29H27NO. The third-order valence-corrected chi connectivity index (χ3v) is 5.27. The van der Waals surface area contributed by atoms with E-state index in [1.807, 2.05) is 69.3 Å². The van der Waals surface area contributed by atoms with E-state index in [1.165, 1.54) is 0 Å². The number of rotatable bonds is 3. The molecule has 2 heteroatoms. The normalized spacial score (nSPS) is 15.3. The van der Waals surface area contributed by atoms with Crippen molar-refractivity contribution in [2.24, 2.45) is 5.41 Å². The van der Waals surface area contributed by atoms with Gasteiger partial charge in [0, 0.05) is 29.4 Å². The van der Waals surface area contributed by atoms with E-state index in [0.717, 1.165) is 33.0 Å². The molecule has 0 fully saturated rings. The monoisotopic (exact) mass is 410 g/mol. The number of hydrogen-bond donors (Lipinski definition) is 0. The summed E-state index contributed by atoms with van der Waals surface area (Å²) in [6, 6.07) is 22.3. The average molecular weight is 411 g/mol. The van der Waals surface area contributed by atoms with Crippen molar-refractivity contribution in [3.8, 4) is 22.4 Å². The Bertz CT molecular complexity index is 1570. The van der Waals surface area contributed by atoms with Crippen LogP contribution in [0.25, 0.3) is 44.3 Å². The molecule has 0 amide bonds. The van der Waals surface area contributed by atoms with Crippen LogP contribution >= 0.6 is 0 Å². The molecule has 0 atom stereocenters. The molecule has 2 heterocycles. The van der Waals surface area contributed by atoms with Crippen LogP contribution in [0.15, 0.2) is 83.4 Å². The summed E-state index contributed by atoms with van der Waals surface area (Å²) in [5.41, 5.74) is 5.11. The van der Waals surface area contributed by atoms with E-state index in [1.54, 1.807) is 24.4 Å². The second-order valence-electron chi connectivity index (χ2n) is 8.88. The maximum absolute atomic E-state index is 8.67. The van der Waals surface area contributed by atoms with Gasteiger partial charge in [0.05, 0.1) is 5.69 Å². The third kappa shape index (κ3) is 3.86. The molecule has 0 saturated carbocycles. The number of furan rings is 1. The molecule has 5 rings (SSSR count). The van der Waals surface area contributed by atoms with Crippen molar-refractivity contribution in [3.63, 3.8) is 0 Å². The van der Waals surface area contributed by atoms with E-state index >= 15 is 0 Å². The minimum atomic E-state index is -2.13. The summed E-state index contributed by atoms with van der Waals surface area (Å²) in [6.07, 6.45) is 0.118. The summed E-state index contributed by atoms with van der Waals surface area (Å²) < 4.78 is 46.4. The molecule has 0 radical (unpaired) electrons. The van der Waals surface area contributed by atoms with Crippen LogP contribution in [-0.4, -0.2) is 4.98 Å². The standard InChI is InChI=1S/C29H27NO/c1-19-8-10-21(11-9-19)22-12-13-27-25(17-22)23-6-5-7-24(28(23)31-27)26-16-20(14-15-30-26)18-29(2,3)4/h5-17H,18H2,1-4H3/i1D3,18D2. The van der Waals surface area contributed by atoms with Gasteiger partial charge in [0.25, 0.3) is 0 Å². The van der Waals surface area contributed by atoms with Gasteiger partial charge in [0.2, 0.25) is 0 Å². The molecular weight excluding hydrogens is 378 g/mol. The van der Waals surface area contributed by atoms with Crippen molar-refractivity contribution in [2.45, 2.75) is 34.0 Å². The summed E-state index contributed by atoms with van der Waals surface area (Å²) in [5.74, 6) is 0. The molecule has 5 aromatic rings. The lowest BCUT2D eigenvalue weighted by atomic mass is 9.88. The number of para-hydroxylation sites is 1. The van der Waals surface area contributed by atoms with Crippen LogP contribution in [0, 0.1) is 12.3 Å². The van der Waals surface area contributed by atoms with Gasteiger partial charge >= 0.3 is 0 Å². The molecule has 0 aliphatic carbocycles. The molecule has 0 saturated heterocycles. The Kier molecular flexibility index (Phi) is 3.48. The maximum Gasteiger partial charge on any atom is 0.144 e. The molecule has 0 N–H and O–H groups in total. The fourth-order valence-electron chi connectivity index (χ4n) is 3.93. The first-order valence-corrected chi connectivity index (χ1v) is 10.4. The first kappa shape index (κ1) is 14.6. The van der Waals surface area contributed by atoms with E-state index in [2.05, 4.69) is 11.1 Å². The quantitative estimate of drug-likeness (QED) is 0.299. The van der Waals surface area contributed by atoms with E-state index in [0.29, 0.717) is 22.4 Å². The number of nitrogens with zero attached hydrogens (tertiary/aromatic N) is 1. The van der Waals surface area contributed by atoms with E-state index < -0.39 is 18.6 Å². The van der Waals surface area contributed by atoms with Crippen molar-refractivity contribution in [1.29, 1.82) is 0 Å². The molecule has 0 aliphatic heterocycles. The van der Waals surface area contributed by atoms with Crippen molar-refractivity contribution >= 4 is 21.9 Å². The van der Waals surface area contributed by atoms with Crippen LogP contribution in [0.2, 0.25) is 0 Å². The zero-order valence-electron chi connectivity index (χ0n) is 22.9. The fraction of sp³-hybridized carbons (Fsp3) is 0.207. The zero-order valence-corrected chi connectivity index (χ0v) is 17.9. The molecule has 0 unspecified atom stereocenters. The number of fused-ring (bicyclic) bond motifs is 3. The van der Waals surface area contributed by atoms with E-state index in [9.17, 15) is 0 Å². The smallest absolute Gasteiger partial charge is 0.144 e. The Hall–Kier alpha value is -3.39. The zero-order chi connectivity index (χ0) is 25.9. The fourth-order valence-corrected chi connectivity index (χ4v) is 3.93. The van der Waals surface area contributed by atoms with E-state index in [4.69, 9.17) is 11.3 Å². The van der Waals surface area contributed by atoms with Crippen molar-refractivity contribution < 1.29 is 11.3 Å². The van der Waals surface area contributed by atoms with Crippen LogP contribution in [0.1, 0.15) is 38.8 Å². The minimum absolute atomic E-state index is 0.316. The van der Waals surface area contributed by atoms with Gasteiger partial charge in [0.1, 0.15) is 11.2 Å². The topological polar surface area (TPSA) is 26.0 Å². The highest BCUT2D eigenvalue weighted by Crippen LogP contribution is 2.37. The van der Waals surface area contributed by atoms with Gasteiger partial charge in [-0.2, -0.15) is 0 Å². The second kappa shape index (κ2) is 7.39. The average Bonchev–Trinajstić information content (AvgIpc) is 3.21. The summed E-state index contributed by atoms with van der Waals surface area (Å²) in [5, 5.41) is 1.89. The molecule has 0 bridgehead atoms. The molecule has 154 valence electrons. The van der Waals surface area contributed by atoms with Gasteiger partial charge in [-0.1, -0.05) is 68.8 Å². The molecule has 3 aromatic carbocycles. The van der Waals surface area contributed by atoms with Gasteiger partial charge in [-0.25, -0.2) is 0 Å². The Balaban J connectivity index is 1.61. The van der Waals surface area contributed by atoms with Gasteiger partial charge in [-0.15, -0.1) is 0 Å². The van der Waals surface area contributed by atoms with E-state index in [-0.39, 0.29) is 0 Å². The third-order valence-electron chi connectivity index (χ3n) is 5.27. The second-order valence-corrected chi connectivity index (χ2v) is 8.88. The van der Waals surface area contributed by atoms with Gasteiger partial charge < -0.3 is 4.42 Å². The van der Waals surface area contributed by atoms with Crippen molar-refractivity contribution in [2.75, 3.05) is 0 Å². The maximum atomic E-state index is 8.67. The molecule has 0 aliphatic rings. The predicted octanol–water partition coefficient (Wildman–Crippen LogP) is 8.21. The molecule has 2 nitrogen and oxygen atoms in total. The largest absolute Gasteiger partial charge is 0.455 e. The molecule has 2 aromatic heterocycles. The first-order chi connectivity index (χ1) is 16.9. The summed E-state index contributed by atoms with van der Waals surface area (Å²) in [4.78, 5) is 4.55. The number of aryl methyl sites for hydroxylation is 1. The molecule has 0 spiro atoms. The number of pyridine rings is 1. The minimum Gasteiger partial charge on any atom is -0.455 e. The number of aromatic nitrogens is 1. The summed E-state index contributed by atoms with van der Waals surface area (Å²) in [6.45, 7) is 3.54. The summed E-state index contributed by atoms with van der Waals surface area (Å²) >= 11 is 0. The summed E-state index contributed by atoms with van der Waals surface area (Å²) in [7, 11) is 0. The van der Waals surface area contributed by atoms with Crippen LogP contribution in [0.3, 0.4) is 0 Å². The van der Waals surface area contributed by atoms with Crippen LogP contribution < -0.4 is 0 Å². The van der Waals surface area contributed by atoms with Gasteiger partial charge in [-0.05, 0) is 65.7 Å². The van der Waals surface area contributed by atoms with Crippen LogP contribution in [-0.2, 0) is 6.37 Å². The van der Waals surface area contributed by atoms with Gasteiger partial charge in [0.15, 0.2) is 0 Å². The SMILES string of the molecule is [2H]C([2H])([2H])c1ccc(-c2ccc3oc4c(-c5cc(C([2H])([2H])C(C)(C)C)ccn5)cccc4c3c2)cc1. The lowest BCUT2D eigenvalue weighted by Gasteiger charge is -2.18. The highest BCUT2D eigenvalue weighted by atomic mass is 16.3.